The number of hydrogen-bond acceptors (Lipinski definition) is 6. The van der Waals surface area contributed by atoms with E-state index in [1.807, 2.05) is 5.32 Å². The molecule has 1 aliphatic heterocycles. The summed E-state index contributed by atoms with van der Waals surface area (Å²) in [6.07, 6.45) is 1.18. The van der Waals surface area contributed by atoms with E-state index in [1.165, 1.54) is 18.3 Å². The zero-order valence-electron chi connectivity index (χ0n) is 10.1. The quantitative estimate of drug-likeness (QED) is 0.673. The van der Waals surface area contributed by atoms with Crippen molar-refractivity contribution < 1.29 is 18.0 Å². The standard InChI is InChI=1S/C10H12N4O4S/c1-11-8-3-2-7(4-12-8)19(17,18)14-5-9(15)13-10(16)6-14/h2-4H,5-6H2,1H3,(H,11,12)(H,13,15,16). The van der Waals surface area contributed by atoms with Crippen LogP contribution < -0.4 is 10.6 Å². The van der Waals surface area contributed by atoms with Crippen molar-refractivity contribution in [1.82, 2.24) is 14.6 Å². The van der Waals surface area contributed by atoms with Gasteiger partial charge in [-0.3, -0.25) is 14.9 Å². The van der Waals surface area contributed by atoms with Gasteiger partial charge in [0.2, 0.25) is 21.8 Å². The van der Waals surface area contributed by atoms with E-state index in [1.54, 1.807) is 7.05 Å². The Morgan fingerprint density at radius 3 is 2.37 bits per heavy atom. The second kappa shape index (κ2) is 4.94. The van der Waals surface area contributed by atoms with Crippen LogP contribution in [0.1, 0.15) is 0 Å². The molecule has 2 amide bonds. The second-order valence-electron chi connectivity index (χ2n) is 3.87. The van der Waals surface area contributed by atoms with Crippen molar-refractivity contribution in [3.05, 3.63) is 18.3 Å². The summed E-state index contributed by atoms with van der Waals surface area (Å²) in [5.41, 5.74) is 0. The highest BCUT2D eigenvalue weighted by Gasteiger charge is 2.32. The number of anilines is 1. The highest BCUT2D eigenvalue weighted by molar-refractivity contribution is 7.89. The van der Waals surface area contributed by atoms with Crippen molar-refractivity contribution >= 4 is 27.7 Å². The fourth-order valence-corrected chi connectivity index (χ4v) is 2.91. The SMILES string of the molecule is CNc1ccc(S(=O)(=O)N2CC(=O)NC(=O)C2)cn1. The van der Waals surface area contributed by atoms with Gasteiger partial charge in [0.05, 0.1) is 13.1 Å². The van der Waals surface area contributed by atoms with Crippen molar-refractivity contribution in [2.75, 3.05) is 25.5 Å². The lowest BCUT2D eigenvalue weighted by Gasteiger charge is -2.24. The van der Waals surface area contributed by atoms with Crippen molar-refractivity contribution in [3.8, 4) is 0 Å². The first kappa shape index (κ1) is 13.4. The van der Waals surface area contributed by atoms with Crippen LogP contribution in [0.5, 0.6) is 0 Å². The lowest BCUT2D eigenvalue weighted by Crippen LogP contribution is -2.53. The Kier molecular flexibility index (Phi) is 3.49. The van der Waals surface area contributed by atoms with Crippen LogP contribution in [0, 0.1) is 0 Å². The summed E-state index contributed by atoms with van der Waals surface area (Å²) in [7, 11) is -2.23. The van der Waals surface area contributed by atoms with Gasteiger partial charge in [0.15, 0.2) is 0 Å². The predicted octanol–water partition coefficient (Wildman–Crippen LogP) is -1.23. The summed E-state index contributed by atoms with van der Waals surface area (Å²) in [6.45, 7) is -0.746. The zero-order valence-corrected chi connectivity index (χ0v) is 10.9. The molecule has 1 fully saturated rings. The number of amides is 2. The summed E-state index contributed by atoms with van der Waals surface area (Å²) in [5, 5.41) is 4.80. The van der Waals surface area contributed by atoms with Gasteiger partial charge in [-0.05, 0) is 12.1 Å². The summed E-state index contributed by atoms with van der Waals surface area (Å²) in [5.74, 6) is -0.759. The molecule has 0 atom stereocenters. The third-order valence-electron chi connectivity index (χ3n) is 2.55. The molecule has 0 aromatic carbocycles. The maximum absolute atomic E-state index is 12.2. The van der Waals surface area contributed by atoms with Gasteiger partial charge in [-0.25, -0.2) is 13.4 Å². The number of carbonyl (C=O) groups is 2. The van der Waals surface area contributed by atoms with Crippen LogP contribution in [0.4, 0.5) is 5.82 Å². The predicted molar refractivity (Wildman–Crippen MR) is 65.7 cm³/mol. The number of aromatic nitrogens is 1. The first-order chi connectivity index (χ1) is 8.93. The van der Waals surface area contributed by atoms with Crippen LogP contribution in [0.25, 0.3) is 0 Å². The van der Waals surface area contributed by atoms with E-state index in [0.717, 1.165) is 4.31 Å². The van der Waals surface area contributed by atoms with E-state index in [9.17, 15) is 18.0 Å². The van der Waals surface area contributed by atoms with E-state index in [2.05, 4.69) is 10.3 Å². The smallest absolute Gasteiger partial charge is 0.245 e. The van der Waals surface area contributed by atoms with Gasteiger partial charge in [-0.1, -0.05) is 0 Å². The molecule has 102 valence electrons. The third kappa shape index (κ3) is 2.71. The molecule has 2 rings (SSSR count). The van der Waals surface area contributed by atoms with Crippen LogP contribution >= 0.6 is 0 Å². The topological polar surface area (TPSA) is 108 Å². The molecular weight excluding hydrogens is 272 g/mol. The summed E-state index contributed by atoms with van der Waals surface area (Å²) < 4.78 is 25.2. The Labute approximate surface area is 109 Å². The fourth-order valence-electron chi connectivity index (χ4n) is 1.61. The monoisotopic (exact) mass is 284 g/mol. The number of nitrogens with zero attached hydrogens (tertiary/aromatic N) is 2. The molecule has 2 heterocycles. The largest absolute Gasteiger partial charge is 0.373 e. The number of carbonyl (C=O) groups excluding carboxylic acids is 2. The molecule has 0 saturated carbocycles. The Morgan fingerprint density at radius 1 is 1.26 bits per heavy atom. The number of pyridine rings is 1. The van der Waals surface area contributed by atoms with E-state index < -0.39 is 21.8 Å². The minimum atomic E-state index is -3.89. The van der Waals surface area contributed by atoms with Gasteiger partial charge in [-0.15, -0.1) is 0 Å². The summed E-state index contributed by atoms with van der Waals surface area (Å²) in [4.78, 5) is 26.2. The molecule has 0 spiro atoms. The molecular formula is C10H12N4O4S. The molecule has 8 nitrogen and oxygen atoms in total. The molecule has 0 aliphatic carbocycles. The van der Waals surface area contributed by atoms with Gasteiger partial charge >= 0.3 is 0 Å². The lowest BCUT2D eigenvalue weighted by molar-refractivity contribution is -0.134. The first-order valence-electron chi connectivity index (χ1n) is 5.40. The van der Waals surface area contributed by atoms with Crippen molar-refractivity contribution in [1.29, 1.82) is 0 Å². The third-order valence-corrected chi connectivity index (χ3v) is 4.32. The van der Waals surface area contributed by atoms with Gasteiger partial charge in [-0.2, -0.15) is 4.31 Å². The number of piperazine rings is 1. The number of hydrogen-bond donors (Lipinski definition) is 2. The maximum atomic E-state index is 12.2. The maximum Gasteiger partial charge on any atom is 0.245 e. The number of sulfonamides is 1. The van der Waals surface area contributed by atoms with Gasteiger partial charge in [0.25, 0.3) is 0 Å². The summed E-state index contributed by atoms with van der Waals surface area (Å²) >= 11 is 0. The van der Waals surface area contributed by atoms with E-state index in [-0.39, 0.29) is 18.0 Å². The van der Waals surface area contributed by atoms with Crippen LogP contribution in [0.2, 0.25) is 0 Å². The normalized spacial score (nSPS) is 17.1. The molecule has 1 aromatic rings. The average molecular weight is 284 g/mol. The van der Waals surface area contributed by atoms with Crippen LogP contribution in [0.15, 0.2) is 23.2 Å². The number of imide groups is 1. The number of nitrogens with one attached hydrogen (secondary N) is 2. The van der Waals surface area contributed by atoms with Crippen LogP contribution in [-0.4, -0.2) is 49.7 Å². The van der Waals surface area contributed by atoms with Gasteiger partial charge < -0.3 is 5.32 Å². The van der Waals surface area contributed by atoms with E-state index >= 15 is 0 Å². The van der Waals surface area contributed by atoms with Crippen molar-refractivity contribution in [2.45, 2.75) is 4.90 Å². The first-order valence-corrected chi connectivity index (χ1v) is 6.84. The Morgan fingerprint density at radius 2 is 1.89 bits per heavy atom. The second-order valence-corrected chi connectivity index (χ2v) is 5.81. The Bertz CT molecular complexity index is 595. The number of rotatable bonds is 3. The van der Waals surface area contributed by atoms with Gasteiger partial charge in [0, 0.05) is 13.2 Å². The minimum Gasteiger partial charge on any atom is -0.373 e. The highest BCUT2D eigenvalue weighted by atomic mass is 32.2. The molecule has 9 heteroatoms. The van der Waals surface area contributed by atoms with Crippen molar-refractivity contribution in [2.24, 2.45) is 0 Å². The highest BCUT2D eigenvalue weighted by Crippen LogP contribution is 2.16. The van der Waals surface area contributed by atoms with E-state index in [0.29, 0.717) is 5.82 Å². The molecule has 1 saturated heterocycles. The molecule has 1 aromatic heterocycles. The molecule has 1 aliphatic rings. The lowest BCUT2D eigenvalue weighted by atomic mass is 10.4. The Hall–Kier alpha value is -2.00. The minimum absolute atomic E-state index is 0.0611. The molecule has 0 unspecified atom stereocenters. The molecule has 0 bridgehead atoms. The fraction of sp³-hybridized carbons (Fsp3) is 0.300. The average Bonchev–Trinajstić information content (AvgIpc) is 2.37. The van der Waals surface area contributed by atoms with Crippen LogP contribution in [-0.2, 0) is 19.6 Å². The Balaban J connectivity index is 2.30. The molecule has 0 radical (unpaired) electrons. The zero-order chi connectivity index (χ0) is 14.0. The van der Waals surface area contributed by atoms with Crippen LogP contribution in [0.3, 0.4) is 0 Å². The molecule has 2 N–H and O–H groups in total. The summed E-state index contributed by atoms with van der Waals surface area (Å²) in [6, 6.07) is 2.86. The molecule has 19 heavy (non-hydrogen) atoms. The van der Waals surface area contributed by atoms with E-state index in [4.69, 9.17) is 0 Å². The van der Waals surface area contributed by atoms with Gasteiger partial charge in [0.1, 0.15) is 10.7 Å². The van der Waals surface area contributed by atoms with Crippen molar-refractivity contribution in [3.63, 3.8) is 0 Å².